The summed E-state index contributed by atoms with van der Waals surface area (Å²) in [6.07, 6.45) is 0.885. The minimum atomic E-state index is -3.30. The number of aliphatic carboxylic acids is 1. The van der Waals surface area contributed by atoms with Crippen molar-refractivity contribution in [1.82, 2.24) is 0 Å². The van der Waals surface area contributed by atoms with Crippen LogP contribution in [0.15, 0.2) is 24.3 Å². The molecular weight excluding hydrogens is 244 g/mol. The largest absolute Gasteiger partial charge is 0.481 e. The van der Waals surface area contributed by atoms with Gasteiger partial charge in [0.25, 0.3) is 0 Å². The minimum absolute atomic E-state index is 0.168. The molecular formula is C10H14N2O4S. The van der Waals surface area contributed by atoms with E-state index in [1.165, 1.54) is 12.1 Å². The number of carboxylic acid groups (broad SMARTS) is 1. The van der Waals surface area contributed by atoms with Crippen molar-refractivity contribution < 1.29 is 18.3 Å². The third-order valence-electron chi connectivity index (χ3n) is 2.04. The summed E-state index contributed by atoms with van der Waals surface area (Å²) in [6.45, 7) is 0. The van der Waals surface area contributed by atoms with Gasteiger partial charge in [-0.2, -0.15) is 0 Å². The van der Waals surface area contributed by atoms with E-state index in [1.54, 1.807) is 12.1 Å². The molecule has 0 fully saturated rings. The van der Waals surface area contributed by atoms with E-state index in [9.17, 15) is 13.2 Å². The van der Waals surface area contributed by atoms with Gasteiger partial charge in [0.1, 0.15) is 0 Å². The lowest BCUT2D eigenvalue weighted by molar-refractivity contribution is -0.137. The molecule has 0 aromatic heterocycles. The second kappa shape index (κ2) is 5.15. The zero-order valence-electron chi connectivity index (χ0n) is 9.25. The van der Waals surface area contributed by atoms with Crippen LogP contribution >= 0.6 is 0 Å². The molecule has 0 aliphatic carbocycles. The molecule has 0 aliphatic heterocycles. The Morgan fingerprint density at radius 2 is 1.94 bits per heavy atom. The van der Waals surface area contributed by atoms with Crippen molar-refractivity contribution in [2.45, 2.75) is 12.5 Å². The molecule has 0 radical (unpaired) electrons. The lowest BCUT2D eigenvalue weighted by Gasteiger charge is -2.10. The summed E-state index contributed by atoms with van der Waals surface area (Å²) in [5, 5.41) is 8.58. The van der Waals surface area contributed by atoms with Gasteiger partial charge in [0.15, 0.2) is 0 Å². The number of nitrogens with two attached hydrogens (primary N) is 1. The van der Waals surface area contributed by atoms with Crippen molar-refractivity contribution in [3.8, 4) is 0 Å². The predicted octanol–water partition coefficient (Wildman–Crippen LogP) is 0.533. The van der Waals surface area contributed by atoms with Gasteiger partial charge in [0, 0.05) is 11.7 Å². The van der Waals surface area contributed by atoms with Gasteiger partial charge >= 0.3 is 5.97 Å². The zero-order valence-corrected chi connectivity index (χ0v) is 10.1. The maximum Gasteiger partial charge on any atom is 0.305 e. The molecule has 0 aliphatic rings. The van der Waals surface area contributed by atoms with Crippen molar-refractivity contribution in [2.75, 3.05) is 11.0 Å². The Kier molecular flexibility index (Phi) is 4.08. The van der Waals surface area contributed by atoms with Crippen LogP contribution in [0.3, 0.4) is 0 Å². The number of carboxylic acids is 1. The number of hydrogen-bond acceptors (Lipinski definition) is 4. The van der Waals surface area contributed by atoms with Gasteiger partial charge in [-0.05, 0) is 17.7 Å². The molecule has 0 spiro atoms. The minimum Gasteiger partial charge on any atom is -0.481 e. The Labute approximate surface area is 99.5 Å². The average molecular weight is 258 g/mol. The Morgan fingerprint density at radius 1 is 1.41 bits per heavy atom. The molecule has 1 aromatic rings. The lowest BCUT2D eigenvalue weighted by atomic mass is 10.0. The maximum absolute atomic E-state index is 11.0. The summed E-state index contributed by atoms with van der Waals surface area (Å²) < 4.78 is 24.2. The standard InChI is InChI=1S/C10H14N2O4S/c1-17(15,16)12-8-4-2-7(3-5-8)9(11)6-10(13)14/h2-5,9,12H,6,11H2,1H3,(H,13,14). The molecule has 7 heteroatoms. The SMILES string of the molecule is CS(=O)(=O)Nc1ccc(C(N)CC(=O)O)cc1. The number of rotatable bonds is 5. The van der Waals surface area contributed by atoms with E-state index in [0.29, 0.717) is 11.3 Å². The first-order valence-corrected chi connectivity index (χ1v) is 6.72. The van der Waals surface area contributed by atoms with Crippen LogP contribution in [0.25, 0.3) is 0 Å². The molecule has 1 rings (SSSR count). The summed E-state index contributed by atoms with van der Waals surface area (Å²) in [7, 11) is -3.30. The topological polar surface area (TPSA) is 109 Å². The van der Waals surface area contributed by atoms with Gasteiger partial charge in [-0.25, -0.2) is 8.42 Å². The Morgan fingerprint density at radius 3 is 2.35 bits per heavy atom. The van der Waals surface area contributed by atoms with Crippen LogP contribution in [0.2, 0.25) is 0 Å². The van der Waals surface area contributed by atoms with Crippen LogP contribution in [-0.4, -0.2) is 25.7 Å². The summed E-state index contributed by atoms with van der Waals surface area (Å²) >= 11 is 0. The maximum atomic E-state index is 11.0. The van der Waals surface area contributed by atoms with Crippen LogP contribution in [0.5, 0.6) is 0 Å². The zero-order chi connectivity index (χ0) is 13.1. The Balaban J connectivity index is 2.77. The van der Waals surface area contributed by atoms with Crippen molar-refractivity contribution in [1.29, 1.82) is 0 Å². The highest BCUT2D eigenvalue weighted by Gasteiger charge is 2.10. The van der Waals surface area contributed by atoms with Gasteiger partial charge in [-0.15, -0.1) is 0 Å². The monoisotopic (exact) mass is 258 g/mol. The van der Waals surface area contributed by atoms with Crippen molar-refractivity contribution >= 4 is 21.7 Å². The van der Waals surface area contributed by atoms with Crippen LogP contribution in [0.1, 0.15) is 18.0 Å². The van der Waals surface area contributed by atoms with Crippen LogP contribution in [-0.2, 0) is 14.8 Å². The van der Waals surface area contributed by atoms with Crippen LogP contribution < -0.4 is 10.5 Å². The number of benzene rings is 1. The van der Waals surface area contributed by atoms with Crippen LogP contribution in [0.4, 0.5) is 5.69 Å². The Bertz CT molecular complexity index is 496. The molecule has 4 N–H and O–H groups in total. The second-order valence-electron chi connectivity index (χ2n) is 3.70. The molecule has 6 nitrogen and oxygen atoms in total. The molecule has 0 saturated heterocycles. The Hall–Kier alpha value is -1.60. The number of hydrogen-bond donors (Lipinski definition) is 3. The van der Waals surface area contributed by atoms with E-state index >= 15 is 0 Å². The fourth-order valence-corrected chi connectivity index (χ4v) is 1.88. The van der Waals surface area contributed by atoms with E-state index in [0.717, 1.165) is 6.26 Å². The van der Waals surface area contributed by atoms with Crippen molar-refractivity contribution in [3.63, 3.8) is 0 Å². The van der Waals surface area contributed by atoms with Gasteiger partial charge < -0.3 is 10.8 Å². The molecule has 94 valence electrons. The number of nitrogens with one attached hydrogen (secondary N) is 1. The number of sulfonamides is 1. The van der Waals surface area contributed by atoms with Gasteiger partial charge in [-0.1, -0.05) is 12.1 Å². The van der Waals surface area contributed by atoms with Gasteiger partial charge in [0.05, 0.1) is 12.7 Å². The van der Waals surface area contributed by atoms with Crippen LogP contribution in [0, 0.1) is 0 Å². The van der Waals surface area contributed by atoms with E-state index in [4.69, 9.17) is 10.8 Å². The molecule has 0 bridgehead atoms. The quantitative estimate of drug-likeness (QED) is 0.713. The fourth-order valence-electron chi connectivity index (χ4n) is 1.32. The highest BCUT2D eigenvalue weighted by Crippen LogP contribution is 2.17. The normalized spacial score (nSPS) is 13.1. The van der Waals surface area contributed by atoms with Crippen molar-refractivity contribution in [3.05, 3.63) is 29.8 Å². The van der Waals surface area contributed by atoms with Crippen molar-refractivity contribution in [2.24, 2.45) is 5.73 Å². The number of carbonyl (C=O) groups is 1. The summed E-state index contributed by atoms with van der Waals surface area (Å²) in [6, 6.07) is 5.68. The predicted molar refractivity (Wildman–Crippen MR) is 64.1 cm³/mol. The molecule has 1 unspecified atom stereocenters. The first kappa shape index (κ1) is 13.5. The van der Waals surface area contributed by atoms with Gasteiger partial charge in [-0.3, -0.25) is 9.52 Å². The first-order chi connectivity index (χ1) is 7.78. The molecule has 17 heavy (non-hydrogen) atoms. The average Bonchev–Trinajstić information content (AvgIpc) is 2.15. The third kappa shape index (κ3) is 4.83. The first-order valence-electron chi connectivity index (χ1n) is 4.83. The molecule has 1 aromatic carbocycles. The molecule has 0 saturated carbocycles. The van der Waals surface area contributed by atoms with E-state index in [1.807, 2.05) is 0 Å². The fraction of sp³-hybridized carbons (Fsp3) is 0.300. The van der Waals surface area contributed by atoms with E-state index in [2.05, 4.69) is 4.72 Å². The van der Waals surface area contributed by atoms with E-state index < -0.39 is 22.0 Å². The highest BCUT2D eigenvalue weighted by molar-refractivity contribution is 7.92. The summed E-state index contributed by atoms with van der Waals surface area (Å²) in [5.74, 6) is -0.976. The lowest BCUT2D eigenvalue weighted by Crippen LogP contribution is -2.15. The number of anilines is 1. The summed E-state index contributed by atoms with van der Waals surface area (Å²) in [4.78, 5) is 10.5. The highest BCUT2D eigenvalue weighted by atomic mass is 32.2. The molecule has 0 amide bonds. The smallest absolute Gasteiger partial charge is 0.305 e. The third-order valence-corrected chi connectivity index (χ3v) is 2.64. The molecule has 1 atom stereocenters. The summed E-state index contributed by atoms with van der Waals surface area (Å²) in [5.41, 5.74) is 6.71. The van der Waals surface area contributed by atoms with E-state index in [-0.39, 0.29) is 6.42 Å². The molecule has 0 heterocycles. The van der Waals surface area contributed by atoms with Gasteiger partial charge in [0.2, 0.25) is 10.0 Å². The second-order valence-corrected chi connectivity index (χ2v) is 5.45.